The van der Waals surface area contributed by atoms with Crippen LogP contribution in [-0.4, -0.2) is 22.2 Å². The predicted molar refractivity (Wildman–Crippen MR) is 230 cm³/mol. The Morgan fingerprint density at radius 1 is 0.368 bits per heavy atom. The van der Waals surface area contributed by atoms with Gasteiger partial charge in [-0.1, -0.05) is 144 Å². The molecular formula is C50H40N4O2Ru. The molecule has 0 amide bonds. The van der Waals surface area contributed by atoms with Gasteiger partial charge in [-0.2, -0.15) is 0 Å². The van der Waals surface area contributed by atoms with Gasteiger partial charge in [-0.3, -0.25) is 0 Å². The third-order valence-electron chi connectivity index (χ3n) is 9.97. The third kappa shape index (κ3) is 8.20. The number of aromatic nitrogens is 4. The number of aliphatic hydroxyl groups excluding tert-OH is 1. The first-order valence-corrected chi connectivity index (χ1v) is 18.4. The summed E-state index contributed by atoms with van der Waals surface area (Å²) >= 11 is 0. The zero-order valence-electron chi connectivity index (χ0n) is 32.4. The molecule has 57 heavy (non-hydrogen) atoms. The van der Waals surface area contributed by atoms with Crippen LogP contribution in [0.15, 0.2) is 121 Å². The second kappa shape index (κ2) is 17.7. The van der Waals surface area contributed by atoms with E-state index >= 15 is 0 Å². The molecular weight excluding hydrogens is 790 g/mol. The molecule has 5 heterocycles. The fourth-order valence-electron chi connectivity index (χ4n) is 7.15. The fraction of sp³-hybridized carbons (Fsp3) is 0.100. The minimum atomic E-state index is 0. The summed E-state index contributed by atoms with van der Waals surface area (Å²) in [4.78, 5) is 21.5. The van der Waals surface area contributed by atoms with Crippen molar-refractivity contribution in [2.45, 2.75) is 27.7 Å². The van der Waals surface area contributed by atoms with Gasteiger partial charge in [0.15, 0.2) is 0 Å². The molecule has 9 rings (SSSR count). The number of hydrogen-bond donors (Lipinski definition) is 1. The van der Waals surface area contributed by atoms with Gasteiger partial charge < -0.3 is 15.1 Å². The summed E-state index contributed by atoms with van der Waals surface area (Å²) in [7, 11) is 1.00. The molecule has 0 atom stereocenters. The van der Waals surface area contributed by atoms with Gasteiger partial charge in [-0.05, 0) is 96.5 Å². The van der Waals surface area contributed by atoms with Crippen LogP contribution in [0.1, 0.15) is 45.0 Å². The van der Waals surface area contributed by atoms with Crippen LogP contribution in [0.5, 0.6) is 0 Å². The van der Waals surface area contributed by atoms with Crippen molar-refractivity contribution < 1.29 is 29.2 Å². The van der Waals surface area contributed by atoms with Crippen molar-refractivity contribution in [3.63, 3.8) is 0 Å². The summed E-state index contributed by atoms with van der Waals surface area (Å²) in [5.41, 5.74) is 19.9. The van der Waals surface area contributed by atoms with Crippen molar-refractivity contribution in [1.29, 1.82) is 0 Å². The molecule has 0 aliphatic carbocycles. The Morgan fingerprint density at radius 3 is 0.754 bits per heavy atom. The molecule has 0 radical (unpaired) electrons. The molecule has 1 N–H and O–H groups in total. The van der Waals surface area contributed by atoms with E-state index in [-0.39, 0.29) is 19.5 Å². The fourth-order valence-corrected chi connectivity index (χ4v) is 7.15. The first kappa shape index (κ1) is 40.5. The van der Waals surface area contributed by atoms with E-state index in [1.54, 1.807) is 0 Å². The van der Waals surface area contributed by atoms with Crippen LogP contribution in [0.4, 0.5) is 0 Å². The number of rotatable bonds is 4. The topological polar surface area (TPSA) is 94.1 Å². The SMILES string of the molecule is CO.Cc1ccc(-c2c3nc(c(-c4ccc(C)cc4)c4ccc([n-]4)c(-c4ccc(C)cc4)c4nc(c(-c5ccc(C)cc5)c5ccc2[n-]5)C=C4)C=C3)cc1.[C-]#[O+].[Ru+2]. The summed E-state index contributed by atoms with van der Waals surface area (Å²) in [5, 5.41) is 7.00. The summed E-state index contributed by atoms with van der Waals surface area (Å²) in [6.45, 7) is 12.9. The number of fused-ring (bicyclic) bond motifs is 8. The zero-order valence-corrected chi connectivity index (χ0v) is 34.1. The van der Waals surface area contributed by atoms with Crippen molar-refractivity contribution in [3.05, 3.63) is 173 Å². The average Bonchev–Trinajstić information content (AvgIpc) is 4.07. The van der Waals surface area contributed by atoms with E-state index in [0.29, 0.717) is 0 Å². The summed E-state index contributed by atoms with van der Waals surface area (Å²) < 4.78 is 7.50. The quantitative estimate of drug-likeness (QED) is 0.108. The molecule has 2 aliphatic rings. The molecule has 0 saturated heterocycles. The smallest absolute Gasteiger partial charge is 2.00 e. The molecule has 8 bridgehead atoms. The van der Waals surface area contributed by atoms with Gasteiger partial charge in [0, 0.05) is 7.11 Å². The number of aryl methyl sites for hydroxylation is 4. The average molecular weight is 830 g/mol. The maximum absolute atomic E-state index is 7.50. The molecule has 4 aromatic carbocycles. The van der Waals surface area contributed by atoms with Gasteiger partial charge in [-0.25, -0.2) is 9.97 Å². The first-order valence-electron chi connectivity index (χ1n) is 18.4. The Labute approximate surface area is 346 Å². The van der Waals surface area contributed by atoms with Crippen molar-refractivity contribution >= 4 is 46.4 Å². The van der Waals surface area contributed by atoms with Gasteiger partial charge in [-0.15, -0.1) is 22.1 Å². The normalized spacial score (nSPS) is 11.2. The predicted octanol–water partition coefficient (Wildman–Crippen LogP) is 11.4. The molecule has 7 heteroatoms. The van der Waals surface area contributed by atoms with Crippen molar-refractivity contribution in [1.82, 2.24) is 19.9 Å². The first-order chi connectivity index (χ1) is 27.4. The van der Waals surface area contributed by atoms with Gasteiger partial charge in [0.1, 0.15) is 0 Å². The van der Waals surface area contributed by atoms with E-state index in [1.165, 1.54) is 22.3 Å². The number of nitrogens with zero attached hydrogens (tertiary/aromatic N) is 4. The van der Waals surface area contributed by atoms with Gasteiger partial charge >= 0.3 is 30.8 Å². The molecule has 0 unspecified atom stereocenters. The van der Waals surface area contributed by atoms with Crippen LogP contribution >= 0.6 is 0 Å². The Kier molecular flexibility index (Phi) is 12.6. The van der Waals surface area contributed by atoms with Gasteiger partial charge in [0.25, 0.3) is 0 Å². The van der Waals surface area contributed by atoms with E-state index in [4.69, 9.17) is 29.7 Å². The monoisotopic (exact) mass is 830 g/mol. The second-order valence-electron chi connectivity index (χ2n) is 13.8. The van der Waals surface area contributed by atoms with E-state index in [0.717, 1.165) is 96.5 Å². The van der Waals surface area contributed by atoms with E-state index in [9.17, 15) is 0 Å². The summed E-state index contributed by atoms with van der Waals surface area (Å²) in [5.74, 6) is 0. The van der Waals surface area contributed by atoms with Crippen LogP contribution in [0.2, 0.25) is 0 Å². The second-order valence-corrected chi connectivity index (χ2v) is 13.8. The van der Waals surface area contributed by atoms with Crippen LogP contribution in [-0.2, 0) is 24.1 Å². The number of benzene rings is 4. The molecule has 6 nitrogen and oxygen atoms in total. The van der Waals surface area contributed by atoms with E-state index < -0.39 is 0 Å². The molecule has 280 valence electrons. The maximum Gasteiger partial charge on any atom is 2.00 e. The molecule has 0 saturated carbocycles. The number of hydrogen-bond acceptors (Lipinski definition) is 3. The van der Waals surface area contributed by atoms with Crippen LogP contribution < -0.4 is 9.97 Å². The Balaban J connectivity index is 0.00000107. The third-order valence-corrected chi connectivity index (χ3v) is 9.97. The van der Waals surface area contributed by atoms with Crippen LogP contribution in [0.3, 0.4) is 0 Å². The Morgan fingerprint density at radius 2 is 0.561 bits per heavy atom. The number of aliphatic hydroxyl groups is 1. The van der Waals surface area contributed by atoms with Crippen molar-refractivity contribution in [2.24, 2.45) is 0 Å². The largest absolute Gasteiger partial charge is 2.00 e. The molecule has 0 spiro atoms. The van der Waals surface area contributed by atoms with Crippen molar-refractivity contribution in [3.8, 4) is 44.5 Å². The summed E-state index contributed by atoms with van der Waals surface area (Å²) in [6, 6.07) is 43.0. The van der Waals surface area contributed by atoms with Gasteiger partial charge in [0.2, 0.25) is 0 Å². The summed E-state index contributed by atoms with van der Waals surface area (Å²) in [6.07, 6.45) is 8.48. The maximum atomic E-state index is 7.50. The minimum absolute atomic E-state index is 0. The van der Waals surface area contributed by atoms with E-state index in [2.05, 4.69) is 180 Å². The van der Waals surface area contributed by atoms with Crippen molar-refractivity contribution in [2.75, 3.05) is 7.11 Å². The molecule has 3 aromatic heterocycles. The van der Waals surface area contributed by atoms with Crippen LogP contribution in [0.25, 0.3) is 90.9 Å². The zero-order chi connectivity index (χ0) is 39.3. The van der Waals surface area contributed by atoms with Crippen LogP contribution in [0, 0.1) is 34.3 Å². The molecule has 2 aliphatic heterocycles. The van der Waals surface area contributed by atoms with Gasteiger partial charge in [0.05, 0.1) is 22.8 Å². The molecule has 7 aromatic rings. The minimum Gasteiger partial charge on any atom is 2.00 e. The van der Waals surface area contributed by atoms with E-state index in [1.807, 2.05) is 0 Å². The Bertz CT molecular complexity index is 2420. The molecule has 0 fully saturated rings. The standard InChI is InChI=1S/C48H36N4.CH4O.CO.Ru/c1-29-5-13-33(14-6-29)45-37-21-23-39(49-37)46(34-15-7-30(2)8-16-34)41-25-27-43(51-41)48(36-19-11-32(4)12-20-36)44-28-26-42(52-44)47(40-24-22-38(45)50-40)35-17-9-31(3)10-18-35;2*1-2;/h5-28H,1-4H3;2H,1H3;;/q-2;;;+2. The Hall–Kier alpha value is -6.20.